The molecule has 4 N–H and O–H groups in total. The Labute approximate surface area is 91.5 Å². The fourth-order valence-corrected chi connectivity index (χ4v) is 0.973. The van der Waals surface area contributed by atoms with Crippen LogP contribution in [0.25, 0.3) is 16.0 Å². The maximum absolute atomic E-state index is 10.4. The van der Waals surface area contributed by atoms with Gasteiger partial charge in [-0.1, -0.05) is 12.1 Å². The van der Waals surface area contributed by atoms with Crippen LogP contribution >= 0.6 is 0 Å². The predicted molar refractivity (Wildman–Crippen MR) is 57.5 cm³/mol. The molecule has 0 amide bonds. The third-order valence-corrected chi connectivity index (χ3v) is 1.71. The van der Waals surface area contributed by atoms with Crippen LogP contribution in [-0.2, 0) is 11.2 Å². The van der Waals surface area contributed by atoms with Crippen LogP contribution < -0.4 is 5.73 Å². The molecule has 1 atom stereocenters. The van der Waals surface area contributed by atoms with Crippen LogP contribution in [0.5, 0.6) is 5.75 Å². The van der Waals surface area contributed by atoms with Gasteiger partial charge < -0.3 is 27.0 Å². The van der Waals surface area contributed by atoms with Gasteiger partial charge in [0, 0.05) is 0 Å². The van der Waals surface area contributed by atoms with Crippen molar-refractivity contribution in [1.82, 2.24) is 0 Å². The van der Waals surface area contributed by atoms with Crippen molar-refractivity contribution in [1.29, 1.82) is 0 Å². The highest BCUT2D eigenvalue weighted by Crippen LogP contribution is 2.10. The average Bonchev–Trinajstić information content (AvgIpc) is 2.22. The van der Waals surface area contributed by atoms with Crippen molar-refractivity contribution in [3.05, 3.63) is 45.8 Å². The number of hydrogen-bond donors (Lipinski definition) is 3. The van der Waals surface area contributed by atoms with Crippen molar-refractivity contribution >= 4 is 5.97 Å². The highest BCUT2D eigenvalue weighted by molar-refractivity contribution is 5.73. The molecule has 1 rings (SSSR count). The summed E-state index contributed by atoms with van der Waals surface area (Å²) in [5, 5.41) is 17.5. The molecule has 0 aliphatic heterocycles. The standard InChI is InChI=1S/C9H11NO3.N3/c10-8(9(12)13)5-6-1-3-7(11)4-2-6;1-3-2/h1-4,8,11H,5,10H2,(H,12,13);/q;-1. The zero-order chi connectivity index (χ0) is 12.6. The summed E-state index contributed by atoms with van der Waals surface area (Å²) in [5.41, 5.74) is 19.6. The van der Waals surface area contributed by atoms with E-state index in [0.717, 1.165) is 5.56 Å². The van der Waals surface area contributed by atoms with E-state index in [0.29, 0.717) is 0 Å². The number of aromatic hydroxyl groups is 1. The second-order valence-electron chi connectivity index (χ2n) is 2.90. The van der Waals surface area contributed by atoms with Gasteiger partial charge >= 0.3 is 5.97 Å². The first-order valence-electron chi connectivity index (χ1n) is 4.26. The Kier molecular flexibility index (Phi) is 6.11. The van der Waals surface area contributed by atoms with Gasteiger partial charge in [0.15, 0.2) is 0 Å². The molecule has 1 aromatic carbocycles. The first-order chi connectivity index (χ1) is 7.51. The lowest BCUT2D eigenvalue weighted by molar-refractivity contribution is -0.138. The summed E-state index contributed by atoms with van der Waals surface area (Å²) in [6.07, 6.45) is 0.273. The van der Waals surface area contributed by atoms with Gasteiger partial charge in [-0.05, 0) is 24.1 Å². The third-order valence-electron chi connectivity index (χ3n) is 1.71. The lowest BCUT2D eigenvalue weighted by atomic mass is 10.1. The van der Waals surface area contributed by atoms with Crippen molar-refractivity contribution in [2.24, 2.45) is 5.73 Å². The average molecular weight is 223 g/mol. The molecule has 0 radical (unpaired) electrons. The molecule has 0 heterocycles. The van der Waals surface area contributed by atoms with E-state index in [1.54, 1.807) is 12.1 Å². The van der Waals surface area contributed by atoms with Gasteiger partial charge in [-0.2, -0.15) is 0 Å². The molecule has 0 saturated heterocycles. The van der Waals surface area contributed by atoms with Gasteiger partial charge in [0.25, 0.3) is 0 Å². The highest BCUT2D eigenvalue weighted by Gasteiger charge is 2.11. The monoisotopic (exact) mass is 223 g/mol. The van der Waals surface area contributed by atoms with Gasteiger partial charge in [-0.25, -0.2) is 0 Å². The van der Waals surface area contributed by atoms with Crippen LogP contribution in [0.15, 0.2) is 24.3 Å². The fraction of sp³-hybridized carbons (Fsp3) is 0.222. The zero-order valence-corrected chi connectivity index (χ0v) is 8.32. The number of benzene rings is 1. The SMILES string of the molecule is NC(Cc1ccc(O)cc1)C(=O)O.[N-]=[N+]=[N-]. The van der Waals surface area contributed by atoms with E-state index in [1.165, 1.54) is 17.0 Å². The lowest BCUT2D eigenvalue weighted by Gasteiger charge is -2.05. The number of carbonyl (C=O) groups is 1. The molecule has 16 heavy (non-hydrogen) atoms. The molecule has 0 bridgehead atoms. The molecule has 0 aliphatic rings. The summed E-state index contributed by atoms with van der Waals surface area (Å²) >= 11 is 0. The van der Waals surface area contributed by atoms with Gasteiger partial charge in [0.2, 0.25) is 0 Å². The Bertz CT molecular complexity index is 371. The van der Waals surface area contributed by atoms with Crippen molar-refractivity contribution in [2.45, 2.75) is 12.5 Å². The molecule has 0 spiro atoms. The summed E-state index contributed by atoms with van der Waals surface area (Å²) in [6, 6.07) is 5.42. The highest BCUT2D eigenvalue weighted by atomic mass is 16.4. The third kappa shape index (κ3) is 5.48. The fourth-order valence-electron chi connectivity index (χ4n) is 0.973. The van der Waals surface area contributed by atoms with Crippen LogP contribution in [0.1, 0.15) is 5.56 Å². The molecule has 7 heteroatoms. The molecule has 0 aliphatic carbocycles. The van der Waals surface area contributed by atoms with Gasteiger partial charge in [-0.3, -0.25) is 9.71 Å². The Morgan fingerprint density at radius 1 is 1.38 bits per heavy atom. The molecule has 7 nitrogen and oxygen atoms in total. The Morgan fingerprint density at radius 2 is 1.81 bits per heavy atom. The minimum absolute atomic E-state index is 0.160. The van der Waals surface area contributed by atoms with E-state index >= 15 is 0 Å². The van der Waals surface area contributed by atoms with Crippen molar-refractivity contribution in [3.8, 4) is 5.75 Å². The van der Waals surface area contributed by atoms with Crippen LogP contribution in [-0.4, -0.2) is 22.2 Å². The molecule has 86 valence electrons. The van der Waals surface area contributed by atoms with E-state index < -0.39 is 12.0 Å². The molecule has 0 fully saturated rings. The minimum Gasteiger partial charge on any atom is -0.508 e. The van der Waals surface area contributed by atoms with Crippen LogP contribution in [0.3, 0.4) is 0 Å². The largest absolute Gasteiger partial charge is 0.508 e. The van der Waals surface area contributed by atoms with E-state index in [2.05, 4.69) is 0 Å². The number of rotatable bonds is 3. The van der Waals surface area contributed by atoms with E-state index in [4.69, 9.17) is 27.0 Å². The topological polar surface area (TPSA) is 142 Å². The Balaban J connectivity index is 0.000000673. The van der Waals surface area contributed by atoms with Crippen molar-refractivity contribution in [2.75, 3.05) is 0 Å². The number of aliphatic carboxylic acids is 1. The summed E-state index contributed by atoms with van der Waals surface area (Å²) in [6.45, 7) is 0. The predicted octanol–water partition coefficient (Wildman–Crippen LogP) is 1.21. The second-order valence-corrected chi connectivity index (χ2v) is 2.90. The number of phenolic OH excluding ortho intramolecular Hbond substituents is 1. The molecular weight excluding hydrogens is 212 g/mol. The number of nitrogens with zero attached hydrogens (tertiary/aromatic N) is 3. The first-order valence-corrected chi connectivity index (χ1v) is 4.26. The maximum Gasteiger partial charge on any atom is 0.320 e. The Morgan fingerprint density at radius 3 is 2.19 bits per heavy atom. The van der Waals surface area contributed by atoms with E-state index in [-0.39, 0.29) is 12.2 Å². The summed E-state index contributed by atoms with van der Waals surface area (Å²) < 4.78 is 0. The number of phenols is 1. The number of carboxylic acids is 1. The zero-order valence-electron chi connectivity index (χ0n) is 8.32. The summed E-state index contributed by atoms with van der Waals surface area (Å²) in [5.74, 6) is -0.860. The molecule has 0 aromatic heterocycles. The quantitative estimate of drug-likeness (QED) is 0.402. The van der Waals surface area contributed by atoms with Gasteiger partial charge in [0.05, 0.1) is 0 Å². The van der Waals surface area contributed by atoms with Crippen molar-refractivity contribution < 1.29 is 15.0 Å². The molecule has 1 unspecified atom stereocenters. The van der Waals surface area contributed by atoms with E-state index in [1.807, 2.05) is 0 Å². The Hall–Kier alpha value is -2.24. The normalized spacial score (nSPS) is 10.6. The van der Waals surface area contributed by atoms with Crippen molar-refractivity contribution in [3.63, 3.8) is 0 Å². The summed E-state index contributed by atoms with van der Waals surface area (Å²) in [7, 11) is 0. The first kappa shape index (κ1) is 13.8. The molecule has 1 aromatic rings. The summed E-state index contributed by atoms with van der Waals surface area (Å²) in [4.78, 5) is 11.9. The van der Waals surface area contributed by atoms with Gasteiger partial charge in [-0.15, -0.1) is 0 Å². The molecular formula is C9H11N4O3-. The van der Waals surface area contributed by atoms with Crippen LogP contribution in [0.4, 0.5) is 0 Å². The molecule has 0 saturated carbocycles. The van der Waals surface area contributed by atoms with E-state index in [9.17, 15) is 4.79 Å². The smallest absolute Gasteiger partial charge is 0.320 e. The number of carboxylic acid groups (broad SMARTS) is 1. The maximum atomic E-state index is 10.4. The van der Waals surface area contributed by atoms with Gasteiger partial charge in [0.1, 0.15) is 11.8 Å². The second kappa shape index (κ2) is 7.10. The van der Waals surface area contributed by atoms with Crippen LogP contribution in [0.2, 0.25) is 0 Å². The number of nitrogens with two attached hydrogens (primary N) is 1. The number of hydrogen-bond acceptors (Lipinski definition) is 3. The lowest BCUT2D eigenvalue weighted by Crippen LogP contribution is -2.32. The van der Waals surface area contributed by atoms with Crippen LogP contribution in [0, 0.1) is 0 Å². The minimum atomic E-state index is -1.02.